The zero-order valence-corrected chi connectivity index (χ0v) is 15.8. The van der Waals surface area contributed by atoms with Crippen molar-refractivity contribution in [2.24, 2.45) is 5.41 Å². The molecule has 0 spiro atoms. The van der Waals surface area contributed by atoms with E-state index in [4.69, 9.17) is 4.74 Å². The number of likely N-dealkylation sites (tertiary alicyclic amines) is 1. The number of carbonyl (C=O) groups excluding carboxylic acids is 3. The molecular formula is C20H28N2O4. The Morgan fingerprint density at radius 3 is 2.69 bits per heavy atom. The van der Waals surface area contributed by atoms with Crippen LogP contribution in [0.5, 0.6) is 0 Å². The number of benzene rings is 1. The number of nitrogens with one attached hydrogen (secondary N) is 1. The van der Waals surface area contributed by atoms with E-state index < -0.39 is 11.4 Å². The molecule has 0 bridgehead atoms. The second kappa shape index (κ2) is 8.83. The SMILES string of the molecule is CC(C)(C)C(=O)Nc1cccc(C(=O)OCCN2CCCCCC2=O)c1. The van der Waals surface area contributed by atoms with Gasteiger partial charge in [-0.1, -0.05) is 33.3 Å². The predicted octanol–water partition coefficient (Wildman–Crippen LogP) is 3.23. The first-order valence-corrected chi connectivity index (χ1v) is 9.14. The Hall–Kier alpha value is -2.37. The number of hydrogen-bond donors (Lipinski definition) is 1. The summed E-state index contributed by atoms with van der Waals surface area (Å²) in [5.74, 6) is -0.452. The van der Waals surface area contributed by atoms with Crippen molar-refractivity contribution in [1.82, 2.24) is 4.90 Å². The minimum atomic E-state index is -0.518. The number of nitrogens with zero attached hydrogens (tertiary/aromatic N) is 1. The van der Waals surface area contributed by atoms with Crippen molar-refractivity contribution in [1.29, 1.82) is 0 Å². The molecule has 6 heteroatoms. The normalized spacial score (nSPS) is 15.3. The van der Waals surface area contributed by atoms with Crippen molar-refractivity contribution in [2.45, 2.75) is 46.5 Å². The fourth-order valence-corrected chi connectivity index (χ4v) is 2.65. The lowest BCUT2D eigenvalue weighted by Gasteiger charge is -2.20. The molecule has 6 nitrogen and oxygen atoms in total. The molecule has 26 heavy (non-hydrogen) atoms. The minimum absolute atomic E-state index is 0.123. The Labute approximate surface area is 154 Å². The van der Waals surface area contributed by atoms with Crippen LogP contribution in [0.2, 0.25) is 0 Å². The van der Waals surface area contributed by atoms with Gasteiger partial charge in [0.25, 0.3) is 0 Å². The molecule has 0 aliphatic carbocycles. The molecule has 0 atom stereocenters. The smallest absolute Gasteiger partial charge is 0.338 e. The molecule has 142 valence electrons. The average Bonchev–Trinajstić information content (AvgIpc) is 2.79. The summed E-state index contributed by atoms with van der Waals surface area (Å²) in [4.78, 5) is 38.0. The third-order valence-electron chi connectivity index (χ3n) is 4.30. The quantitative estimate of drug-likeness (QED) is 0.818. The molecule has 1 aromatic rings. The van der Waals surface area contributed by atoms with Gasteiger partial charge in [0.05, 0.1) is 12.1 Å². The Kier molecular flexibility index (Phi) is 6.77. The fraction of sp³-hybridized carbons (Fsp3) is 0.550. The first-order valence-electron chi connectivity index (χ1n) is 9.14. The van der Waals surface area contributed by atoms with Gasteiger partial charge in [-0.25, -0.2) is 4.79 Å². The summed E-state index contributed by atoms with van der Waals surface area (Å²) in [5.41, 5.74) is 0.414. The summed E-state index contributed by atoms with van der Waals surface area (Å²) >= 11 is 0. The minimum Gasteiger partial charge on any atom is -0.460 e. The molecule has 1 aliphatic rings. The lowest BCUT2D eigenvalue weighted by Crippen LogP contribution is -2.33. The van der Waals surface area contributed by atoms with Crippen LogP contribution in [0.25, 0.3) is 0 Å². The predicted molar refractivity (Wildman–Crippen MR) is 99.9 cm³/mol. The van der Waals surface area contributed by atoms with E-state index in [1.165, 1.54) is 0 Å². The van der Waals surface area contributed by atoms with Crippen molar-refractivity contribution in [2.75, 3.05) is 25.0 Å². The third kappa shape index (κ3) is 5.86. The number of rotatable bonds is 5. The highest BCUT2D eigenvalue weighted by molar-refractivity contribution is 5.96. The lowest BCUT2D eigenvalue weighted by atomic mass is 9.95. The van der Waals surface area contributed by atoms with Crippen LogP contribution in [0.4, 0.5) is 5.69 Å². The molecule has 0 aromatic heterocycles. The zero-order chi connectivity index (χ0) is 19.2. The second-order valence-electron chi connectivity index (χ2n) is 7.61. The van der Waals surface area contributed by atoms with Crippen LogP contribution in [0.15, 0.2) is 24.3 Å². The Morgan fingerprint density at radius 1 is 1.19 bits per heavy atom. The fourth-order valence-electron chi connectivity index (χ4n) is 2.65. The van der Waals surface area contributed by atoms with Gasteiger partial charge in [-0.15, -0.1) is 0 Å². The van der Waals surface area contributed by atoms with E-state index in [1.807, 2.05) is 20.8 Å². The van der Waals surface area contributed by atoms with Crippen molar-refractivity contribution in [3.8, 4) is 0 Å². The van der Waals surface area contributed by atoms with Gasteiger partial charge in [-0.2, -0.15) is 0 Å². The Morgan fingerprint density at radius 2 is 1.96 bits per heavy atom. The summed E-state index contributed by atoms with van der Waals surface area (Å²) in [6, 6.07) is 6.68. The number of anilines is 1. The van der Waals surface area contributed by atoms with Crippen molar-refractivity contribution >= 4 is 23.5 Å². The molecule has 1 fully saturated rings. The number of amides is 2. The van der Waals surface area contributed by atoms with E-state index in [9.17, 15) is 14.4 Å². The summed E-state index contributed by atoms with van der Waals surface area (Å²) in [7, 11) is 0. The molecule has 0 saturated carbocycles. The van der Waals surface area contributed by atoms with Crippen LogP contribution >= 0.6 is 0 Å². The van der Waals surface area contributed by atoms with Gasteiger partial charge in [-0.3, -0.25) is 9.59 Å². The van der Waals surface area contributed by atoms with Crippen LogP contribution < -0.4 is 5.32 Å². The maximum absolute atomic E-state index is 12.2. The van der Waals surface area contributed by atoms with Gasteiger partial charge in [0.1, 0.15) is 6.61 Å². The van der Waals surface area contributed by atoms with Crippen molar-refractivity contribution in [3.05, 3.63) is 29.8 Å². The molecular weight excluding hydrogens is 332 g/mol. The Balaban J connectivity index is 1.88. The molecule has 2 rings (SSSR count). The third-order valence-corrected chi connectivity index (χ3v) is 4.30. The first kappa shape index (κ1) is 19.9. The molecule has 1 N–H and O–H groups in total. The van der Waals surface area contributed by atoms with Gasteiger partial charge in [-0.05, 0) is 31.0 Å². The van der Waals surface area contributed by atoms with Gasteiger partial charge in [0.15, 0.2) is 0 Å². The van der Waals surface area contributed by atoms with Crippen LogP contribution in [-0.4, -0.2) is 42.4 Å². The van der Waals surface area contributed by atoms with E-state index in [2.05, 4.69) is 5.32 Å². The maximum Gasteiger partial charge on any atom is 0.338 e. The van der Waals surface area contributed by atoms with Crippen LogP contribution in [0.1, 0.15) is 56.8 Å². The van der Waals surface area contributed by atoms with Crippen LogP contribution in [0, 0.1) is 5.41 Å². The largest absolute Gasteiger partial charge is 0.460 e. The van der Waals surface area contributed by atoms with E-state index in [1.54, 1.807) is 29.2 Å². The molecule has 1 saturated heterocycles. The summed E-state index contributed by atoms with van der Waals surface area (Å²) in [6.45, 7) is 6.79. The lowest BCUT2D eigenvalue weighted by molar-refractivity contribution is -0.131. The van der Waals surface area contributed by atoms with E-state index in [-0.39, 0.29) is 18.4 Å². The Bertz CT molecular complexity index is 664. The summed E-state index contributed by atoms with van der Waals surface area (Å²) in [6.07, 6.45) is 3.57. The van der Waals surface area contributed by atoms with E-state index in [0.29, 0.717) is 24.2 Å². The highest BCUT2D eigenvalue weighted by Crippen LogP contribution is 2.18. The van der Waals surface area contributed by atoms with Gasteiger partial charge >= 0.3 is 5.97 Å². The monoisotopic (exact) mass is 360 g/mol. The van der Waals surface area contributed by atoms with Gasteiger partial charge in [0.2, 0.25) is 11.8 Å². The summed E-state index contributed by atoms with van der Waals surface area (Å²) < 4.78 is 5.30. The highest BCUT2D eigenvalue weighted by atomic mass is 16.5. The topological polar surface area (TPSA) is 75.7 Å². The zero-order valence-electron chi connectivity index (χ0n) is 15.8. The molecule has 1 aromatic carbocycles. The highest BCUT2D eigenvalue weighted by Gasteiger charge is 2.21. The second-order valence-corrected chi connectivity index (χ2v) is 7.61. The number of ether oxygens (including phenoxy) is 1. The number of esters is 1. The van der Waals surface area contributed by atoms with Crippen molar-refractivity contribution in [3.63, 3.8) is 0 Å². The average molecular weight is 360 g/mol. The van der Waals surface area contributed by atoms with E-state index >= 15 is 0 Å². The molecule has 0 radical (unpaired) electrons. The van der Waals surface area contributed by atoms with Crippen molar-refractivity contribution < 1.29 is 19.1 Å². The number of hydrogen-bond acceptors (Lipinski definition) is 4. The van der Waals surface area contributed by atoms with Gasteiger partial charge < -0.3 is 15.0 Å². The summed E-state index contributed by atoms with van der Waals surface area (Å²) in [5, 5.41) is 2.80. The molecule has 2 amide bonds. The standard InChI is InChI=1S/C20H28N2O4/c1-20(2,3)19(25)21-16-9-7-8-15(14-16)18(24)26-13-12-22-11-6-4-5-10-17(22)23/h7-9,14H,4-6,10-13H2,1-3H3,(H,21,25). The van der Waals surface area contributed by atoms with Crippen LogP contribution in [-0.2, 0) is 14.3 Å². The van der Waals surface area contributed by atoms with Crippen LogP contribution in [0.3, 0.4) is 0 Å². The number of carbonyl (C=O) groups is 3. The maximum atomic E-state index is 12.2. The first-order chi connectivity index (χ1) is 12.3. The van der Waals surface area contributed by atoms with Gasteiger partial charge in [0, 0.05) is 24.1 Å². The van der Waals surface area contributed by atoms with E-state index in [0.717, 1.165) is 25.8 Å². The molecule has 0 unspecified atom stereocenters. The molecule has 1 heterocycles. The molecule has 1 aliphatic heterocycles.